The summed E-state index contributed by atoms with van der Waals surface area (Å²) in [6, 6.07) is 4.07. The van der Waals surface area contributed by atoms with Gasteiger partial charge in [0.1, 0.15) is 0 Å². The molecule has 0 aliphatic heterocycles. The van der Waals surface area contributed by atoms with Crippen molar-refractivity contribution < 1.29 is 25.8 Å². The van der Waals surface area contributed by atoms with Gasteiger partial charge in [0, 0.05) is 5.56 Å². The minimum atomic E-state index is -5.70. The van der Waals surface area contributed by atoms with E-state index in [1.54, 1.807) is 13.0 Å². The van der Waals surface area contributed by atoms with Gasteiger partial charge in [-0.05, 0) is 18.6 Å². The maximum absolute atomic E-state index is 12.3. The van der Waals surface area contributed by atoms with E-state index >= 15 is 0 Å². The highest BCUT2D eigenvalue weighted by atomic mass is 32.2. The molecule has 3 nitrogen and oxygen atoms in total. The third kappa shape index (κ3) is 3.17. The second-order valence-electron chi connectivity index (χ2n) is 3.69. The smallest absolute Gasteiger partial charge is 0.375 e. The van der Waals surface area contributed by atoms with Gasteiger partial charge < -0.3 is 4.18 Å². The molecule has 0 aliphatic rings. The van der Waals surface area contributed by atoms with Crippen LogP contribution in [-0.2, 0) is 10.1 Å². The van der Waals surface area contributed by atoms with Gasteiger partial charge in [0.25, 0.3) is 0 Å². The van der Waals surface area contributed by atoms with Gasteiger partial charge in [-0.25, -0.2) is 0 Å². The van der Waals surface area contributed by atoms with Crippen LogP contribution < -0.4 is 4.18 Å². The Balaban J connectivity index is 3.35. The van der Waals surface area contributed by atoms with E-state index in [2.05, 4.69) is 17.3 Å². The maximum Gasteiger partial charge on any atom is 0.534 e. The minimum Gasteiger partial charge on any atom is -0.375 e. The third-order valence-corrected chi connectivity index (χ3v) is 3.18. The van der Waals surface area contributed by atoms with Crippen LogP contribution in [0.1, 0.15) is 18.1 Å². The van der Waals surface area contributed by atoms with Crippen LogP contribution in [0.25, 0.3) is 11.6 Å². The molecule has 7 heteroatoms. The molecule has 19 heavy (non-hydrogen) atoms. The Morgan fingerprint density at radius 1 is 1.37 bits per heavy atom. The fraction of sp³-hybridized carbons (Fsp3) is 0.167. The molecule has 1 aromatic carbocycles. The molecular weight excluding hydrogens is 281 g/mol. The lowest BCUT2D eigenvalue weighted by molar-refractivity contribution is -0.0500. The molecule has 0 aromatic heterocycles. The predicted octanol–water partition coefficient (Wildman–Crippen LogP) is 3.59. The predicted molar refractivity (Wildman–Crippen MR) is 66.8 cm³/mol. The first-order valence-electron chi connectivity index (χ1n) is 5.02. The summed E-state index contributed by atoms with van der Waals surface area (Å²) in [5.74, 6) is -0.437. The summed E-state index contributed by atoms with van der Waals surface area (Å²) in [4.78, 5) is 0. The van der Waals surface area contributed by atoms with Crippen molar-refractivity contribution in [2.24, 2.45) is 0 Å². The first-order chi connectivity index (χ1) is 8.60. The molecule has 0 atom stereocenters. The van der Waals surface area contributed by atoms with Crippen LogP contribution in [0, 0.1) is 0 Å². The van der Waals surface area contributed by atoms with Crippen molar-refractivity contribution in [2.45, 2.75) is 12.4 Å². The van der Waals surface area contributed by atoms with Crippen molar-refractivity contribution in [3.05, 3.63) is 42.5 Å². The Hall–Kier alpha value is -1.76. The monoisotopic (exact) mass is 292 g/mol. The number of alkyl halides is 3. The number of rotatable bonds is 4. The van der Waals surface area contributed by atoms with Crippen molar-refractivity contribution in [1.82, 2.24) is 0 Å². The van der Waals surface area contributed by atoms with E-state index < -0.39 is 21.4 Å². The fourth-order valence-corrected chi connectivity index (χ4v) is 1.84. The molecular formula is C12H11F3O3S. The summed E-state index contributed by atoms with van der Waals surface area (Å²) >= 11 is 0. The fourth-order valence-electron chi connectivity index (χ4n) is 1.36. The molecule has 0 saturated heterocycles. The van der Waals surface area contributed by atoms with E-state index in [1.165, 1.54) is 12.1 Å². The molecule has 0 radical (unpaired) electrons. The van der Waals surface area contributed by atoms with E-state index in [-0.39, 0.29) is 5.56 Å². The average molecular weight is 292 g/mol. The number of allylic oxidation sites excluding steroid dienone is 1. The van der Waals surface area contributed by atoms with Gasteiger partial charge >= 0.3 is 15.6 Å². The molecule has 0 unspecified atom stereocenters. The third-order valence-electron chi connectivity index (χ3n) is 2.21. The second-order valence-corrected chi connectivity index (χ2v) is 5.22. The molecule has 0 aliphatic carbocycles. The summed E-state index contributed by atoms with van der Waals surface area (Å²) in [5.41, 5.74) is -4.33. The first kappa shape index (κ1) is 15.3. The van der Waals surface area contributed by atoms with Crippen molar-refractivity contribution >= 4 is 21.8 Å². The van der Waals surface area contributed by atoms with Crippen LogP contribution in [0.5, 0.6) is 5.75 Å². The van der Waals surface area contributed by atoms with Gasteiger partial charge in [0.15, 0.2) is 5.75 Å². The molecule has 1 rings (SSSR count). The molecule has 0 spiro atoms. The van der Waals surface area contributed by atoms with Crippen LogP contribution in [0.2, 0.25) is 0 Å². The van der Waals surface area contributed by atoms with Gasteiger partial charge in [-0.2, -0.15) is 21.6 Å². The minimum absolute atomic E-state index is 0.142. The highest BCUT2D eigenvalue weighted by molar-refractivity contribution is 7.88. The van der Waals surface area contributed by atoms with E-state index in [9.17, 15) is 21.6 Å². The summed E-state index contributed by atoms with van der Waals surface area (Å²) < 4.78 is 62.8. The number of hydrogen-bond donors (Lipinski definition) is 0. The molecule has 0 heterocycles. The summed E-state index contributed by atoms with van der Waals surface area (Å²) in [6.07, 6.45) is 1.21. The molecule has 0 saturated carbocycles. The molecule has 104 valence electrons. The molecule has 0 fully saturated rings. The van der Waals surface area contributed by atoms with E-state index in [1.807, 2.05) is 0 Å². The standard InChI is InChI=1S/C12H11F3O3S/c1-4-9-10(8(2)3)6-5-7-11(9)18-19(16,17)12(13,14)15/h4-7H,1-2H2,3H3. The highest BCUT2D eigenvalue weighted by Gasteiger charge is 2.48. The van der Waals surface area contributed by atoms with Crippen molar-refractivity contribution in [3.8, 4) is 5.75 Å². The lowest BCUT2D eigenvalue weighted by Gasteiger charge is -2.14. The average Bonchev–Trinajstić information content (AvgIpc) is 2.26. The van der Waals surface area contributed by atoms with Crippen LogP contribution in [0.15, 0.2) is 31.4 Å². The summed E-state index contributed by atoms with van der Waals surface area (Å²) in [6.45, 7) is 8.70. The molecule has 0 amide bonds. The van der Waals surface area contributed by atoms with Gasteiger partial charge in [-0.1, -0.05) is 36.9 Å². The quantitative estimate of drug-likeness (QED) is 0.629. The van der Waals surface area contributed by atoms with Gasteiger partial charge in [0.2, 0.25) is 0 Å². The van der Waals surface area contributed by atoms with Gasteiger partial charge in [0.05, 0.1) is 0 Å². The Morgan fingerprint density at radius 2 is 1.95 bits per heavy atom. The number of benzene rings is 1. The highest BCUT2D eigenvalue weighted by Crippen LogP contribution is 2.32. The normalized spacial score (nSPS) is 12.0. The second kappa shape index (κ2) is 5.08. The zero-order valence-corrected chi connectivity index (χ0v) is 10.8. The van der Waals surface area contributed by atoms with Crippen molar-refractivity contribution in [3.63, 3.8) is 0 Å². The maximum atomic E-state index is 12.3. The van der Waals surface area contributed by atoms with Crippen molar-refractivity contribution in [1.29, 1.82) is 0 Å². The number of halogens is 3. The molecule has 0 bridgehead atoms. The van der Waals surface area contributed by atoms with E-state index in [0.717, 1.165) is 6.07 Å². The zero-order chi connectivity index (χ0) is 14.8. The van der Waals surface area contributed by atoms with Crippen molar-refractivity contribution in [2.75, 3.05) is 0 Å². The Kier molecular flexibility index (Phi) is 4.09. The largest absolute Gasteiger partial charge is 0.534 e. The lowest BCUT2D eigenvalue weighted by atomic mass is 10.0. The van der Waals surface area contributed by atoms with Crippen LogP contribution in [-0.4, -0.2) is 13.9 Å². The SMILES string of the molecule is C=Cc1c(OS(=O)(=O)C(F)(F)F)cccc1C(=C)C. The van der Waals surface area contributed by atoms with Gasteiger partial charge in [-0.15, -0.1) is 0 Å². The molecule has 0 N–H and O–H groups in total. The van der Waals surface area contributed by atoms with Gasteiger partial charge in [-0.3, -0.25) is 0 Å². The van der Waals surface area contributed by atoms with Crippen LogP contribution >= 0.6 is 0 Å². The Labute approximate surface area is 109 Å². The van der Waals surface area contributed by atoms with E-state index in [0.29, 0.717) is 11.1 Å². The summed E-state index contributed by atoms with van der Waals surface area (Å²) in [7, 11) is -5.70. The van der Waals surface area contributed by atoms with Crippen LogP contribution in [0.3, 0.4) is 0 Å². The topological polar surface area (TPSA) is 43.4 Å². The Morgan fingerprint density at radius 3 is 2.37 bits per heavy atom. The number of hydrogen-bond acceptors (Lipinski definition) is 3. The summed E-state index contributed by atoms with van der Waals surface area (Å²) in [5, 5.41) is 0. The Bertz CT molecular complexity index is 616. The lowest BCUT2D eigenvalue weighted by Crippen LogP contribution is -2.28. The first-order valence-corrected chi connectivity index (χ1v) is 6.43. The zero-order valence-electron chi connectivity index (χ0n) is 9.99. The molecule has 1 aromatic rings. The van der Waals surface area contributed by atoms with E-state index in [4.69, 9.17) is 0 Å². The van der Waals surface area contributed by atoms with Crippen LogP contribution in [0.4, 0.5) is 13.2 Å².